The topological polar surface area (TPSA) is 89.7 Å². The zero-order valence-electron chi connectivity index (χ0n) is 23.0. The third kappa shape index (κ3) is 4.07. The summed E-state index contributed by atoms with van der Waals surface area (Å²) in [6, 6.07) is 18.3. The van der Waals surface area contributed by atoms with Gasteiger partial charge in [0.15, 0.2) is 0 Å². The van der Waals surface area contributed by atoms with Crippen molar-refractivity contribution in [2.75, 3.05) is 24.5 Å². The van der Waals surface area contributed by atoms with E-state index in [1.54, 1.807) is 4.57 Å². The van der Waals surface area contributed by atoms with Crippen molar-refractivity contribution in [3.05, 3.63) is 86.8 Å². The number of anilines is 1. The zero-order chi connectivity index (χ0) is 28.1. The van der Waals surface area contributed by atoms with Gasteiger partial charge in [0.1, 0.15) is 11.6 Å². The Labute approximate surface area is 238 Å². The molecule has 3 heterocycles. The highest BCUT2D eigenvalue weighted by molar-refractivity contribution is 6.35. The summed E-state index contributed by atoms with van der Waals surface area (Å²) in [7, 11) is 0. The Balaban J connectivity index is 1.79. The highest BCUT2D eigenvalue weighted by Gasteiger charge is 2.28. The van der Waals surface area contributed by atoms with Crippen molar-refractivity contribution in [1.29, 1.82) is 5.26 Å². The number of aromatic nitrogens is 3. The number of para-hydroxylation sites is 1. The number of aromatic amines is 1. The molecule has 1 aliphatic rings. The Hall–Kier alpha value is -4.12. The van der Waals surface area contributed by atoms with Crippen LogP contribution in [0.1, 0.15) is 43.4 Å². The second-order valence-electron chi connectivity index (χ2n) is 10.9. The van der Waals surface area contributed by atoms with Crippen molar-refractivity contribution in [1.82, 2.24) is 20.1 Å². The number of pyridine rings is 1. The number of hydrogen-bond acceptors (Lipinski definition) is 5. The molecule has 1 aliphatic heterocycles. The van der Waals surface area contributed by atoms with Gasteiger partial charge in [-0.15, -0.1) is 0 Å². The Bertz CT molecular complexity index is 1880. The first-order valence-corrected chi connectivity index (χ1v) is 14.0. The molecule has 202 valence electrons. The summed E-state index contributed by atoms with van der Waals surface area (Å²) >= 11 is 7.11. The molecule has 1 atom stereocenters. The second kappa shape index (κ2) is 10.1. The summed E-state index contributed by atoms with van der Waals surface area (Å²) < 4.78 is 1.71. The van der Waals surface area contributed by atoms with Crippen LogP contribution < -0.4 is 15.8 Å². The van der Waals surface area contributed by atoms with Gasteiger partial charge in [0.2, 0.25) is 0 Å². The fourth-order valence-corrected chi connectivity index (χ4v) is 6.32. The van der Waals surface area contributed by atoms with E-state index >= 15 is 0 Å². The molecule has 40 heavy (non-hydrogen) atoms. The number of nitriles is 1. The van der Waals surface area contributed by atoms with E-state index in [-0.39, 0.29) is 23.1 Å². The fraction of sp³-hybridized carbons (Fsp3) is 0.281. The standard InChI is InChI=1S/C32H31ClN6O/c1-18(2)21-7-5-6-8-28(21)39-29-14-22(30-19(3)9-10-27-25(30)17-36-37-27)26(33)13-23(29)31(24(15-34)32(39)40)38-12-11-35-16-20(38)4/h5-10,13-14,17-18,20,35H,11-12,16H2,1-4H3,(H,36,37)/t20-/m0/s1. The number of H-pyrrole nitrogens is 1. The number of halogens is 1. The van der Waals surface area contributed by atoms with Gasteiger partial charge < -0.3 is 10.2 Å². The van der Waals surface area contributed by atoms with Crippen molar-refractivity contribution < 1.29 is 0 Å². The van der Waals surface area contributed by atoms with E-state index in [2.05, 4.69) is 54.2 Å². The van der Waals surface area contributed by atoms with Crippen molar-refractivity contribution >= 4 is 39.1 Å². The van der Waals surface area contributed by atoms with E-state index in [9.17, 15) is 10.1 Å². The number of benzene rings is 3. The molecule has 7 nitrogen and oxygen atoms in total. The highest BCUT2D eigenvalue weighted by atomic mass is 35.5. The molecule has 6 rings (SSSR count). The van der Waals surface area contributed by atoms with Gasteiger partial charge in [-0.2, -0.15) is 10.4 Å². The molecule has 5 aromatic rings. The van der Waals surface area contributed by atoms with Crippen LogP contribution in [0.15, 0.2) is 59.5 Å². The molecular weight excluding hydrogens is 520 g/mol. The minimum Gasteiger partial charge on any atom is -0.364 e. The fourth-order valence-electron chi connectivity index (χ4n) is 6.06. The van der Waals surface area contributed by atoms with Gasteiger partial charge >= 0.3 is 0 Å². The Kier molecular flexibility index (Phi) is 6.61. The smallest absolute Gasteiger partial charge is 0.275 e. The van der Waals surface area contributed by atoms with Crippen LogP contribution in [-0.2, 0) is 0 Å². The van der Waals surface area contributed by atoms with Crippen LogP contribution in [0.3, 0.4) is 0 Å². The monoisotopic (exact) mass is 550 g/mol. The largest absolute Gasteiger partial charge is 0.364 e. The predicted molar refractivity (Wildman–Crippen MR) is 163 cm³/mol. The minimum absolute atomic E-state index is 0.0997. The molecule has 0 saturated carbocycles. The summed E-state index contributed by atoms with van der Waals surface area (Å²) in [6.07, 6.45) is 1.81. The molecular formula is C32H31ClN6O. The van der Waals surface area contributed by atoms with E-state index < -0.39 is 0 Å². The summed E-state index contributed by atoms with van der Waals surface area (Å²) in [4.78, 5) is 16.6. The first-order chi connectivity index (χ1) is 19.3. The molecule has 0 bridgehead atoms. The summed E-state index contributed by atoms with van der Waals surface area (Å²) in [6.45, 7) is 10.6. The molecule has 0 spiro atoms. The predicted octanol–water partition coefficient (Wildman–Crippen LogP) is 6.29. The molecule has 0 unspecified atom stereocenters. The van der Waals surface area contributed by atoms with Crippen molar-refractivity contribution in [3.8, 4) is 22.9 Å². The van der Waals surface area contributed by atoms with E-state index in [1.165, 1.54) is 0 Å². The number of nitrogens with zero attached hydrogens (tertiary/aromatic N) is 4. The zero-order valence-corrected chi connectivity index (χ0v) is 23.8. The molecule has 0 radical (unpaired) electrons. The maximum absolute atomic E-state index is 14.4. The quantitative estimate of drug-likeness (QED) is 0.274. The third-order valence-corrected chi connectivity index (χ3v) is 8.35. The van der Waals surface area contributed by atoms with E-state index in [0.29, 0.717) is 17.3 Å². The van der Waals surface area contributed by atoms with Crippen molar-refractivity contribution in [2.45, 2.75) is 39.7 Å². The Morgan fingerprint density at radius 2 is 1.95 bits per heavy atom. The molecule has 1 saturated heterocycles. The normalized spacial score (nSPS) is 15.7. The van der Waals surface area contributed by atoms with E-state index in [4.69, 9.17) is 11.6 Å². The van der Waals surface area contributed by atoms with Crippen LogP contribution >= 0.6 is 11.6 Å². The maximum atomic E-state index is 14.4. The molecule has 3 aromatic carbocycles. The van der Waals surface area contributed by atoms with Crippen LogP contribution in [0.25, 0.3) is 38.6 Å². The number of piperazine rings is 1. The van der Waals surface area contributed by atoms with Gasteiger partial charge in [0.25, 0.3) is 5.56 Å². The van der Waals surface area contributed by atoms with E-state index in [1.807, 2.05) is 54.7 Å². The minimum atomic E-state index is -0.324. The van der Waals surface area contributed by atoms with Gasteiger partial charge in [0, 0.05) is 47.0 Å². The first kappa shape index (κ1) is 26.1. The number of aryl methyl sites for hydroxylation is 1. The third-order valence-electron chi connectivity index (χ3n) is 8.04. The van der Waals surface area contributed by atoms with Crippen molar-refractivity contribution in [2.24, 2.45) is 0 Å². The molecule has 2 aromatic heterocycles. The molecule has 0 amide bonds. The van der Waals surface area contributed by atoms with Gasteiger partial charge in [-0.05, 0) is 60.7 Å². The van der Waals surface area contributed by atoms with Crippen LogP contribution in [0.5, 0.6) is 0 Å². The van der Waals surface area contributed by atoms with Gasteiger partial charge in [-0.1, -0.05) is 49.7 Å². The summed E-state index contributed by atoms with van der Waals surface area (Å²) in [5, 5.41) is 23.4. The van der Waals surface area contributed by atoms with E-state index in [0.717, 1.165) is 62.8 Å². The van der Waals surface area contributed by atoms with Gasteiger partial charge in [-0.25, -0.2) is 0 Å². The van der Waals surface area contributed by atoms with Gasteiger partial charge in [-0.3, -0.25) is 14.5 Å². The SMILES string of the molecule is Cc1ccc2[nH]ncc2c1-c1cc2c(cc1Cl)c(N1CCNC[C@@H]1C)c(C#N)c(=O)n2-c1ccccc1C(C)C. The lowest BCUT2D eigenvalue weighted by Gasteiger charge is -2.37. The Morgan fingerprint density at radius 3 is 2.70 bits per heavy atom. The summed E-state index contributed by atoms with van der Waals surface area (Å²) in [5.74, 6) is 0.172. The second-order valence-corrected chi connectivity index (χ2v) is 11.3. The lowest BCUT2D eigenvalue weighted by molar-refractivity contribution is 0.501. The summed E-state index contributed by atoms with van der Waals surface area (Å²) in [5.41, 5.74) is 6.74. The lowest BCUT2D eigenvalue weighted by atomic mass is 9.94. The number of hydrogen-bond donors (Lipinski definition) is 2. The number of rotatable bonds is 4. The molecule has 8 heteroatoms. The Morgan fingerprint density at radius 1 is 1.15 bits per heavy atom. The van der Waals surface area contributed by atoms with Crippen LogP contribution in [0.4, 0.5) is 5.69 Å². The highest BCUT2D eigenvalue weighted by Crippen LogP contribution is 2.42. The average Bonchev–Trinajstić information content (AvgIpc) is 3.42. The molecule has 1 fully saturated rings. The molecule has 0 aliphatic carbocycles. The number of fused-ring (bicyclic) bond motifs is 2. The van der Waals surface area contributed by atoms with Crippen LogP contribution in [0.2, 0.25) is 5.02 Å². The van der Waals surface area contributed by atoms with Gasteiger partial charge in [0.05, 0.1) is 28.6 Å². The van der Waals surface area contributed by atoms with Crippen LogP contribution in [-0.4, -0.2) is 40.4 Å². The van der Waals surface area contributed by atoms with Crippen LogP contribution in [0, 0.1) is 18.3 Å². The van der Waals surface area contributed by atoms with Crippen molar-refractivity contribution in [3.63, 3.8) is 0 Å². The first-order valence-electron chi connectivity index (χ1n) is 13.6. The number of nitrogens with one attached hydrogen (secondary N) is 2. The average molecular weight is 551 g/mol. The maximum Gasteiger partial charge on any atom is 0.275 e. The lowest BCUT2D eigenvalue weighted by Crippen LogP contribution is -2.50. The molecule has 2 N–H and O–H groups in total.